The summed E-state index contributed by atoms with van der Waals surface area (Å²) >= 11 is 0. The number of unbranched alkanes of at least 4 members (excludes halogenated alkanes) is 5. The maximum absolute atomic E-state index is 5.58. The minimum atomic E-state index is 0.266. The van der Waals surface area contributed by atoms with E-state index < -0.39 is 0 Å². The first-order valence-corrected chi connectivity index (χ1v) is 7.39. The average molecular weight is 243 g/mol. The van der Waals surface area contributed by atoms with E-state index in [-0.39, 0.29) is 5.54 Å². The van der Waals surface area contributed by atoms with Crippen molar-refractivity contribution < 1.29 is 4.74 Å². The van der Waals surface area contributed by atoms with Gasteiger partial charge in [0.25, 0.3) is 0 Å². The van der Waals surface area contributed by atoms with Crippen molar-refractivity contribution in [2.75, 3.05) is 19.8 Å². The zero-order valence-corrected chi connectivity index (χ0v) is 12.5. The van der Waals surface area contributed by atoms with Crippen LogP contribution in [0.2, 0.25) is 0 Å². The van der Waals surface area contributed by atoms with Gasteiger partial charge in [0.1, 0.15) is 0 Å². The van der Waals surface area contributed by atoms with Crippen molar-refractivity contribution in [1.82, 2.24) is 5.32 Å². The minimum absolute atomic E-state index is 0.266. The molecule has 0 aromatic heterocycles. The van der Waals surface area contributed by atoms with E-state index in [1.54, 1.807) is 0 Å². The molecule has 0 unspecified atom stereocenters. The van der Waals surface area contributed by atoms with Crippen LogP contribution in [0.1, 0.15) is 72.6 Å². The monoisotopic (exact) mass is 243 g/mol. The van der Waals surface area contributed by atoms with Crippen molar-refractivity contribution in [3.8, 4) is 0 Å². The van der Waals surface area contributed by atoms with Gasteiger partial charge in [-0.05, 0) is 46.6 Å². The average Bonchev–Trinajstić information content (AvgIpc) is 2.24. The Morgan fingerprint density at radius 2 is 1.41 bits per heavy atom. The van der Waals surface area contributed by atoms with Crippen molar-refractivity contribution in [3.05, 3.63) is 0 Å². The third-order valence-corrected chi connectivity index (χ3v) is 2.76. The number of hydrogen-bond acceptors (Lipinski definition) is 2. The Kier molecular flexibility index (Phi) is 11.0. The third-order valence-electron chi connectivity index (χ3n) is 2.76. The van der Waals surface area contributed by atoms with Gasteiger partial charge in [-0.1, -0.05) is 32.6 Å². The number of nitrogens with one attached hydrogen (secondary N) is 1. The standard InChI is InChI=1S/C15H33NO/c1-5-6-10-13-17-14-11-8-7-9-12-16-15(2,3)4/h16H,5-14H2,1-4H3. The van der Waals surface area contributed by atoms with E-state index in [0.717, 1.165) is 19.8 Å². The van der Waals surface area contributed by atoms with Crippen LogP contribution in [-0.4, -0.2) is 25.3 Å². The lowest BCUT2D eigenvalue weighted by Crippen LogP contribution is -2.36. The van der Waals surface area contributed by atoms with Crippen molar-refractivity contribution in [2.45, 2.75) is 78.2 Å². The molecule has 17 heavy (non-hydrogen) atoms. The number of hydrogen-bond donors (Lipinski definition) is 1. The van der Waals surface area contributed by atoms with Gasteiger partial charge in [-0.15, -0.1) is 0 Å². The van der Waals surface area contributed by atoms with E-state index in [9.17, 15) is 0 Å². The van der Waals surface area contributed by atoms with E-state index >= 15 is 0 Å². The second kappa shape index (κ2) is 11.0. The molecule has 0 rings (SSSR count). The molecule has 0 aliphatic heterocycles. The first kappa shape index (κ1) is 16.9. The summed E-state index contributed by atoms with van der Waals surface area (Å²) in [7, 11) is 0. The predicted molar refractivity (Wildman–Crippen MR) is 76.6 cm³/mol. The van der Waals surface area contributed by atoms with Crippen LogP contribution < -0.4 is 5.32 Å². The van der Waals surface area contributed by atoms with E-state index in [2.05, 4.69) is 33.0 Å². The van der Waals surface area contributed by atoms with Gasteiger partial charge in [0.2, 0.25) is 0 Å². The summed E-state index contributed by atoms with van der Waals surface area (Å²) in [5.74, 6) is 0. The molecule has 0 aliphatic rings. The molecule has 0 aromatic rings. The smallest absolute Gasteiger partial charge is 0.0466 e. The van der Waals surface area contributed by atoms with Gasteiger partial charge < -0.3 is 10.1 Å². The van der Waals surface area contributed by atoms with Crippen LogP contribution in [0.5, 0.6) is 0 Å². The maximum Gasteiger partial charge on any atom is 0.0466 e. The van der Waals surface area contributed by atoms with Crippen LogP contribution in [0.3, 0.4) is 0 Å². The van der Waals surface area contributed by atoms with Gasteiger partial charge in [-0.3, -0.25) is 0 Å². The van der Waals surface area contributed by atoms with Crippen LogP contribution in [0.25, 0.3) is 0 Å². The second-order valence-electron chi connectivity index (χ2n) is 5.91. The lowest BCUT2D eigenvalue weighted by molar-refractivity contribution is 0.126. The van der Waals surface area contributed by atoms with Crippen LogP contribution >= 0.6 is 0 Å². The molecule has 0 saturated carbocycles. The molecule has 0 heterocycles. The fourth-order valence-corrected chi connectivity index (χ4v) is 1.70. The first-order chi connectivity index (χ1) is 8.06. The van der Waals surface area contributed by atoms with E-state index in [0.29, 0.717) is 0 Å². The fraction of sp³-hybridized carbons (Fsp3) is 1.00. The van der Waals surface area contributed by atoms with E-state index in [4.69, 9.17) is 4.74 Å². The van der Waals surface area contributed by atoms with Gasteiger partial charge in [-0.25, -0.2) is 0 Å². The van der Waals surface area contributed by atoms with Crippen molar-refractivity contribution in [2.24, 2.45) is 0 Å². The molecular weight excluding hydrogens is 210 g/mol. The van der Waals surface area contributed by atoms with Crippen LogP contribution in [-0.2, 0) is 4.74 Å². The molecule has 104 valence electrons. The fourth-order valence-electron chi connectivity index (χ4n) is 1.70. The molecule has 1 N–H and O–H groups in total. The van der Waals surface area contributed by atoms with Gasteiger partial charge in [0.05, 0.1) is 0 Å². The Hall–Kier alpha value is -0.0800. The lowest BCUT2D eigenvalue weighted by atomic mass is 10.1. The Labute approximate surface area is 109 Å². The zero-order chi connectivity index (χ0) is 13.0. The highest BCUT2D eigenvalue weighted by molar-refractivity contribution is 4.69. The maximum atomic E-state index is 5.58. The zero-order valence-electron chi connectivity index (χ0n) is 12.5. The summed E-state index contributed by atoms with van der Waals surface area (Å²) < 4.78 is 5.58. The SMILES string of the molecule is CCCCCOCCCCCCNC(C)(C)C. The molecule has 0 saturated heterocycles. The Morgan fingerprint density at radius 3 is 2.00 bits per heavy atom. The van der Waals surface area contributed by atoms with Gasteiger partial charge in [0.15, 0.2) is 0 Å². The summed E-state index contributed by atoms with van der Waals surface area (Å²) in [6, 6.07) is 0. The first-order valence-electron chi connectivity index (χ1n) is 7.39. The lowest BCUT2D eigenvalue weighted by Gasteiger charge is -2.20. The molecule has 0 amide bonds. The minimum Gasteiger partial charge on any atom is -0.381 e. The molecule has 0 aromatic carbocycles. The van der Waals surface area contributed by atoms with Gasteiger partial charge >= 0.3 is 0 Å². The highest BCUT2D eigenvalue weighted by Crippen LogP contribution is 2.03. The summed E-state index contributed by atoms with van der Waals surface area (Å²) in [6.07, 6.45) is 8.95. The normalized spacial score (nSPS) is 12.0. The van der Waals surface area contributed by atoms with Gasteiger partial charge in [-0.2, -0.15) is 0 Å². The highest BCUT2D eigenvalue weighted by atomic mass is 16.5. The molecule has 0 radical (unpaired) electrons. The Bertz CT molecular complexity index is 151. The van der Waals surface area contributed by atoms with E-state index in [1.807, 2.05) is 0 Å². The third kappa shape index (κ3) is 15.9. The van der Waals surface area contributed by atoms with Crippen molar-refractivity contribution >= 4 is 0 Å². The highest BCUT2D eigenvalue weighted by Gasteiger charge is 2.06. The molecule has 0 spiro atoms. The van der Waals surface area contributed by atoms with Crippen LogP contribution in [0.15, 0.2) is 0 Å². The van der Waals surface area contributed by atoms with Crippen LogP contribution in [0.4, 0.5) is 0 Å². The largest absolute Gasteiger partial charge is 0.381 e. The van der Waals surface area contributed by atoms with Gasteiger partial charge in [0, 0.05) is 18.8 Å². The molecule has 2 heteroatoms. The van der Waals surface area contributed by atoms with E-state index in [1.165, 1.54) is 44.9 Å². The van der Waals surface area contributed by atoms with Crippen molar-refractivity contribution in [1.29, 1.82) is 0 Å². The Balaban J connectivity index is 2.99. The molecule has 0 bridgehead atoms. The molecule has 2 nitrogen and oxygen atoms in total. The molecular formula is C15H33NO. The molecule has 0 atom stereocenters. The van der Waals surface area contributed by atoms with Crippen molar-refractivity contribution in [3.63, 3.8) is 0 Å². The summed E-state index contributed by atoms with van der Waals surface area (Å²) in [4.78, 5) is 0. The number of rotatable bonds is 11. The number of ether oxygens (including phenoxy) is 1. The quantitative estimate of drug-likeness (QED) is 0.551. The summed E-state index contributed by atoms with van der Waals surface area (Å²) in [5, 5.41) is 3.52. The summed E-state index contributed by atoms with van der Waals surface area (Å²) in [5.41, 5.74) is 0.266. The predicted octanol–water partition coefficient (Wildman–Crippen LogP) is 4.14. The van der Waals surface area contributed by atoms with Crippen LogP contribution in [0, 0.1) is 0 Å². The Morgan fingerprint density at radius 1 is 0.824 bits per heavy atom. The molecule has 0 aliphatic carbocycles. The topological polar surface area (TPSA) is 21.3 Å². The molecule has 0 fully saturated rings. The second-order valence-corrected chi connectivity index (χ2v) is 5.91. The summed E-state index contributed by atoms with van der Waals surface area (Å²) in [6.45, 7) is 11.9.